The summed E-state index contributed by atoms with van der Waals surface area (Å²) in [5.74, 6) is 0.275. The zero-order chi connectivity index (χ0) is 19.5. The molecule has 0 N–H and O–H groups in total. The van der Waals surface area contributed by atoms with E-state index in [0.29, 0.717) is 31.7 Å². The predicted molar refractivity (Wildman–Crippen MR) is 101 cm³/mol. The van der Waals surface area contributed by atoms with Gasteiger partial charge in [0, 0.05) is 31.7 Å². The van der Waals surface area contributed by atoms with Crippen LogP contribution < -0.4 is 9.64 Å². The van der Waals surface area contributed by atoms with Crippen LogP contribution in [0.3, 0.4) is 0 Å². The highest BCUT2D eigenvalue weighted by Crippen LogP contribution is 2.28. The Morgan fingerprint density at radius 2 is 1.75 bits per heavy atom. The summed E-state index contributed by atoms with van der Waals surface area (Å²) in [6.45, 7) is 2.41. The molecule has 28 heavy (non-hydrogen) atoms. The highest BCUT2D eigenvalue weighted by atomic mass is 19.1. The Bertz CT molecular complexity index is 966. The van der Waals surface area contributed by atoms with Gasteiger partial charge in [0.2, 0.25) is 5.89 Å². The highest BCUT2D eigenvalue weighted by molar-refractivity contribution is 5.90. The van der Waals surface area contributed by atoms with Gasteiger partial charge in [0.05, 0.1) is 12.8 Å². The summed E-state index contributed by atoms with van der Waals surface area (Å²) in [6.07, 6.45) is 0. The maximum absolute atomic E-state index is 13.0. The number of carbonyl (C=O) groups excluding carboxylic acids is 1. The van der Waals surface area contributed by atoms with Crippen LogP contribution in [0.15, 0.2) is 52.9 Å². The molecule has 1 aromatic heterocycles. The molecule has 0 saturated carbocycles. The average molecular weight is 382 g/mol. The quantitative estimate of drug-likeness (QED) is 0.691. The number of aromatic nitrogens is 2. The molecule has 7 nitrogen and oxygen atoms in total. The smallest absolute Gasteiger partial charge is 0.311 e. The zero-order valence-electron chi connectivity index (χ0n) is 15.3. The van der Waals surface area contributed by atoms with Crippen molar-refractivity contribution in [2.45, 2.75) is 0 Å². The number of ether oxygens (including phenoxy) is 1. The first-order chi connectivity index (χ1) is 13.7. The number of carbonyl (C=O) groups is 1. The monoisotopic (exact) mass is 382 g/mol. The molecule has 8 heteroatoms. The minimum Gasteiger partial charge on any atom is -0.495 e. The molecule has 1 aliphatic heterocycles. The summed E-state index contributed by atoms with van der Waals surface area (Å²) in [5.41, 5.74) is 1.57. The number of piperazine rings is 1. The van der Waals surface area contributed by atoms with Gasteiger partial charge in [-0.15, -0.1) is 10.2 Å². The van der Waals surface area contributed by atoms with Crippen molar-refractivity contribution >= 4 is 11.6 Å². The predicted octanol–water partition coefficient (Wildman–Crippen LogP) is 2.85. The minimum atomic E-state index is -0.354. The van der Waals surface area contributed by atoms with Crippen LogP contribution in [0.4, 0.5) is 10.1 Å². The molecule has 3 aromatic rings. The van der Waals surface area contributed by atoms with Crippen molar-refractivity contribution < 1.29 is 18.3 Å². The lowest BCUT2D eigenvalue weighted by Gasteiger charge is -2.36. The fourth-order valence-electron chi connectivity index (χ4n) is 3.20. The Morgan fingerprint density at radius 3 is 2.46 bits per heavy atom. The van der Waals surface area contributed by atoms with E-state index >= 15 is 0 Å². The Balaban J connectivity index is 1.42. The third-order valence-corrected chi connectivity index (χ3v) is 4.69. The lowest BCUT2D eigenvalue weighted by molar-refractivity contribution is 0.0707. The number of rotatable bonds is 4. The maximum atomic E-state index is 13.0. The zero-order valence-corrected chi connectivity index (χ0v) is 15.3. The summed E-state index contributed by atoms with van der Waals surface area (Å²) in [7, 11) is 1.65. The Morgan fingerprint density at radius 1 is 1.04 bits per heavy atom. The van der Waals surface area contributed by atoms with E-state index < -0.39 is 0 Å². The summed E-state index contributed by atoms with van der Waals surface area (Å²) in [4.78, 5) is 16.6. The molecule has 2 aromatic carbocycles. The van der Waals surface area contributed by atoms with Gasteiger partial charge in [0.15, 0.2) is 0 Å². The van der Waals surface area contributed by atoms with Crippen LogP contribution in [-0.4, -0.2) is 54.3 Å². The summed E-state index contributed by atoms with van der Waals surface area (Å²) >= 11 is 0. The van der Waals surface area contributed by atoms with Crippen molar-refractivity contribution in [3.05, 3.63) is 60.2 Å². The van der Waals surface area contributed by atoms with Crippen molar-refractivity contribution in [2.75, 3.05) is 38.2 Å². The van der Waals surface area contributed by atoms with Crippen molar-refractivity contribution in [3.8, 4) is 17.2 Å². The first-order valence-corrected chi connectivity index (χ1v) is 8.92. The van der Waals surface area contributed by atoms with E-state index in [2.05, 4.69) is 15.1 Å². The number of halogens is 1. The van der Waals surface area contributed by atoms with E-state index in [1.54, 1.807) is 12.0 Å². The molecule has 144 valence electrons. The van der Waals surface area contributed by atoms with E-state index in [4.69, 9.17) is 9.15 Å². The number of hydrogen-bond acceptors (Lipinski definition) is 6. The van der Waals surface area contributed by atoms with Crippen molar-refractivity contribution in [1.29, 1.82) is 0 Å². The standard InChI is InChI=1S/C20H19FN4O3/c1-27-17-5-3-2-4-16(17)24-10-12-25(13-11-24)20(26)19-23-22-18(28-19)14-6-8-15(21)9-7-14/h2-9H,10-13H2,1H3. The van der Waals surface area contributed by atoms with Crippen LogP contribution in [0.5, 0.6) is 5.75 Å². The fourth-order valence-corrected chi connectivity index (χ4v) is 3.20. The molecule has 1 fully saturated rings. The van der Waals surface area contributed by atoms with E-state index in [1.165, 1.54) is 24.3 Å². The lowest BCUT2D eigenvalue weighted by Crippen LogP contribution is -2.49. The van der Waals surface area contributed by atoms with Gasteiger partial charge in [-0.3, -0.25) is 4.79 Å². The Labute approximate surface area is 161 Å². The van der Waals surface area contributed by atoms with Gasteiger partial charge in [0.25, 0.3) is 0 Å². The number of methoxy groups -OCH3 is 1. The number of anilines is 1. The van der Waals surface area contributed by atoms with Crippen LogP contribution >= 0.6 is 0 Å². The van der Waals surface area contributed by atoms with Gasteiger partial charge in [0.1, 0.15) is 11.6 Å². The lowest BCUT2D eigenvalue weighted by atomic mass is 10.2. The van der Waals surface area contributed by atoms with E-state index in [-0.39, 0.29) is 23.5 Å². The second kappa shape index (κ2) is 7.67. The van der Waals surface area contributed by atoms with Crippen LogP contribution in [0.25, 0.3) is 11.5 Å². The van der Waals surface area contributed by atoms with E-state index in [1.807, 2.05) is 24.3 Å². The Hall–Kier alpha value is -3.42. The molecule has 0 spiro atoms. The van der Waals surface area contributed by atoms with Crippen LogP contribution in [0, 0.1) is 5.82 Å². The topological polar surface area (TPSA) is 71.7 Å². The third-order valence-electron chi connectivity index (χ3n) is 4.69. The van der Waals surface area contributed by atoms with Crippen LogP contribution in [-0.2, 0) is 0 Å². The molecule has 2 heterocycles. The van der Waals surface area contributed by atoms with Gasteiger partial charge in [-0.1, -0.05) is 12.1 Å². The normalized spacial score (nSPS) is 14.2. The summed E-state index contributed by atoms with van der Waals surface area (Å²) < 4.78 is 24.0. The van der Waals surface area contributed by atoms with Gasteiger partial charge in [-0.05, 0) is 36.4 Å². The molecular weight excluding hydrogens is 363 g/mol. The van der Waals surface area contributed by atoms with E-state index in [9.17, 15) is 9.18 Å². The minimum absolute atomic E-state index is 0.0648. The molecule has 0 radical (unpaired) electrons. The number of benzene rings is 2. The molecule has 0 aliphatic carbocycles. The number of para-hydroxylation sites is 2. The molecule has 1 saturated heterocycles. The van der Waals surface area contributed by atoms with Crippen LogP contribution in [0.1, 0.15) is 10.7 Å². The van der Waals surface area contributed by atoms with Gasteiger partial charge in [-0.2, -0.15) is 0 Å². The summed E-state index contributed by atoms with van der Waals surface area (Å²) in [5, 5.41) is 7.76. The second-order valence-electron chi connectivity index (χ2n) is 6.37. The fraction of sp³-hybridized carbons (Fsp3) is 0.250. The number of amides is 1. The number of nitrogens with zero attached hydrogens (tertiary/aromatic N) is 4. The highest BCUT2D eigenvalue weighted by Gasteiger charge is 2.27. The van der Waals surface area contributed by atoms with Gasteiger partial charge < -0.3 is 19.0 Å². The molecule has 4 rings (SSSR count). The van der Waals surface area contributed by atoms with Gasteiger partial charge >= 0.3 is 11.8 Å². The largest absolute Gasteiger partial charge is 0.495 e. The van der Waals surface area contributed by atoms with Crippen LogP contribution in [0.2, 0.25) is 0 Å². The molecule has 1 aliphatic rings. The molecule has 1 amide bonds. The van der Waals surface area contributed by atoms with Gasteiger partial charge in [-0.25, -0.2) is 4.39 Å². The SMILES string of the molecule is COc1ccccc1N1CCN(C(=O)c2nnc(-c3ccc(F)cc3)o2)CC1. The molecule has 0 atom stereocenters. The van der Waals surface area contributed by atoms with Crippen molar-refractivity contribution in [1.82, 2.24) is 15.1 Å². The van der Waals surface area contributed by atoms with Crippen molar-refractivity contribution in [3.63, 3.8) is 0 Å². The molecule has 0 bridgehead atoms. The number of hydrogen-bond donors (Lipinski definition) is 0. The first kappa shape index (κ1) is 18.0. The first-order valence-electron chi connectivity index (χ1n) is 8.92. The summed E-state index contributed by atoms with van der Waals surface area (Å²) in [6, 6.07) is 13.5. The van der Waals surface area contributed by atoms with Crippen molar-refractivity contribution in [2.24, 2.45) is 0 Å². The van der Waals surface area contributed by atoms with E-state index in [0.717, 1.165) is 11.4 Å². The molecule has 0 unspecified atom stereocenters. The second-order valence-corrected chi connectivity index (χ2v) is 6.37. The third kappa shape index (κ3) is 3.53. The Kier molecular flexibility index (Phi) is 4.92. The maximum Gasteiger partial charge on any atom is 0.311 e. The average Bonchev–Trinajstić information content (AvgIpc) is 3.24. The molecular formula is C20H19FN4O3.